The fourth-order valence-corrected chi connectivity index (χ4v) is 3.48. The molecule has 3 N–H and O–H groups in total. The van der Waals surface area contributed by atoms with Gasteiger partial charge in [-0.3, -0.25) is 15.2 Å². The molecule has 1 atom stereocenters. The topological polar surface area (TPSA) is 78.0 Å². The Bertz CT molecular complexity index is 667. The van der Waals surface area contributed by atoms with E-state index in [4.69, 9.17) is 4.74 Å². The van der Waals surface area contributed by atoms with Crippen molar-refractivity contribution in [3.8, 4) is 0 Å². The van der Waals surface area contributed by atoms with Crippen LogP contribution < -0.4 is 16.0 Å². The summed E-state index contributed by atoms with van der Waals surface area (Å²) in [5.41, 5.74) is 1.41. The number of likely N-dealkylation sites (tertiary alicyclic amines) is 1. The summed E-state index contributed by atoms with van der Waals surface area (Å²) in [6.45, 7) is 11.8. The van der Waals surface area contributed by atoms with E-state index in [0.717, 1.165) is 37.7 Å². The zero-order valence-electron chi connectivity index (χ0n) is 18.5. The van der Waals surface area contributed by atoms with Crippen LogP contribution in [0.15, 0.2) is 29.3 Å². The van der Waals surface area contributed by atoms with Crippen LogP contribution in [0.1, 0.15) is 46.1 Å². The maximum absolute atomic E-state index is 11.8. The van der Waals surface area contributed by atoms with Gasteiger partial charge in [-0.25, -0.2) is 4.79 Å². The highest BCUT2D eigenvalue weighted by atomic mass is 16.6. The third-order valence-corrected chi connectivity index (χ3v) is 4.94. The van der Waals surface area contributed by atoms with Gasteiger partial charge >= 0.3 is 6.09 Å². The Kier molecular flexibility index (Phi) is 8.76. The van der Waals surface area contributed by atoms with Gasteiger partial charge in [-0.2, -0.15) is 0 Å². The fraction of sp³-hybridized carbons (Fsp3) is 0.636. The Labute approximate surface area is 175 Å². The minimum atomic E-state index is -0.505. The van der Waals surface area contributed by atoms with E-state index in [1.54, 1.807) is 7.05 Å². The number of anilines is 1. The first-order valence-corrected chi connectivity index (χ1v) is 10.6. The van der Waals surface area contributed by atoms with Gasteiger partial charge < -0.3 is 15.4 Å². The van der Waals surface area contributed by atoms with Crippen molar-refractivity contribution < 1.29 is 9.53 Å². The maximum Gasteiger partial charge on any atom is 0.412 e. The first-order valence-electron chi connectivity index (χ1n) is 10.6. The van der Waals surface area contributed by atoms with Crippen LogP contribution in [0.5, 0.6) is 0 Å². The van der Waals surface area contributed by atoms with Crippen molar-refractivity contribution >= 4 is 17.7 Å². The summed E-state index contributed by atoms with van der Waals surface area (Å²) in [7, 11) is 1.80. The molecule has 2 rings (SSSR count). The maximum atomic E-state index is 11.8. The number of nitrogens with one attached hydrogen (secondary N) is 3. The second-order valence-electron chi connectivity index (χ2n) is 8.38. The molecule has 0 saturated carbocycles. The van der Waals surface area contributed by atoms with Crippen LogP contribution in [0.25, 0.3) is 0 Å². The van der Waals surface area contributed by atoms with Gasteiger partial charge in [0, 0.05) is 31.9 Å². The second kappa shape index (κ2) is 11.0. The molecular formula is C22H37N5O2. The highest BCUT2D eigenvalue weighted by Crippen LogP contribution is 2.15. The summed E-state index contributed by atoms with van der Waals surface area (Å²) < 4.78 is 5.27. The van der Waals surface area contributed by atoms with E-state index in [1.807, 2.05) is 45.0 Å². The molecule has 1 saturated heterocycles. The van der Waals surface area contributed by atoms with Gasteiger partial charge in [0.25, 0.3) is 0 Å². The Hall–Kier alpha value is -2.28. The lowest BCUT2D eigenvalue weighted by molar-refractivity contribution is 0.0636. The molecule has 162 valence electrons. The van der Waals surface area contributed by atoms with Crippen LogP contribution in [0.2, 0.25) is 0 Å². The molecule has 0 radical (unpaired) electrons. The number of aliphatic imine (C=N–C) groups is 1. The molecule has 1 amide bonds. The number of ether oxygens (including phenoxy) is 1. The van der Waals surface area contributed by atoms with Crippen molar-refractivity contribution in [3.05, 3.63) is 29.8 Å². The SMILES string of the molecule is CCN1CCCC1CNC(=NC)NCCc1ccc(NC(=O)OC(C)(C)C)cc1. The third-order valence-electron chi connectivity index (χ3n) is 4.94. The van der Waals surface area contributed by atoms with Crippen molar-refractivity contribution in [1.29, 1.82) is 0 Å². The number of amides is 1. The van der Waals surface area contributed by atoms with E-state index in [1.165, 1.54) is 24.9 Å². The number of hydrogen-bond acceptors (Lipinski definition) is 4. The molecule has 1 aromatic rings. The highest BCUT2D eigenvalue weighted by molar-refractivity contribution is 5.84. The molecule has 0 aromatic heterocycles. The number of benzene rings is 1. The molecule has 1 aromatic carbocycles. The van der Waals surface area contributed by atoms with E-state index in [0.29, 0.717) is 6.04 Å². The number of likely N-dealkylation sites (N-methyl/N-ethyl adjacent to an activating group) is 1. The van der Waals surface area contributed by atoms with Crippen molar-refractivity contribution in [2.45, 2.75) is 58.6 Å². The largest absolute Gasteiger partial charge is 0.444 e. The average Bonchev–Trinajstić information content (AvgIpc) is 3.12. The third kappa shape index (κ3) is 8.31. The number of guanidine groups is 1. The average molecular weight is 404 g/mol. The lowest BCUT2D eigenvalue weighted by Crippen LogP contribution is -2.45. The van der Waals surface area contributed by atoms with Gasteiger partial charge in [0.15, 0.2) is 5.96 Å². The van der Waals surface area contributed by atoms with Crippen LogP contribution >= 0.6 is 0 Å². The van der Waals surface area contributed by atoms with E-state index in [9.17, 15) is 4.79 Å². The van der Waals surface area contributed by atoms with E-state index in [2.05, 4.69) is 32.8 Å². The Morgan fingerprint density at radius 3 is 2.59 bits per heavy atom. The molecule has 0 aliphatic carbocycles. The Morgan fingerprint density at radius 2 is 1.97 bits per heavy atom. The molecule has 0 bridgehead atoms. The van der Waals surface area contributed by atoms with Gasteiger partial charge in [-0.1, -0.05) is 19.1 Å². The van der Waals surface area contributed by atoms with Gasteiger partial charge in [0.05, 0.1) is 0 Å². The summed E-state index contributed by atoms with van der Waals surface area (Å²) in [5.74, 6) is 0.844. The van der Waals surface area contributed by atoms with Crippen LogP contribution in [-0.2, 0) is 11.2 Å². The van der Waals surface area contributed by atoms with E-state index in [-0.39, 0.29) is 0 Å². The monoisotopic (exact) mass is 403 g/mol. The summed E-state index contributed by atoms with van der Waals surface area (Å²) in [5, 5.41) is 9.58. The van der Waals surface area contributed by atoms with Gasteiger partial charge in [0.1, 0.15) is 5.60 Å². The van der Waals surface area contributed by atoms with Gasteiger partial charge in [-0.15, -0.1) is 0 Å². The number of carbonyl (C=O) groups excluding carboxylic acids is 1. The van der Waals surface area contributed by atoms with Crippen LogP contribution in [-0.4, -0.2) is 61.8 Å². The molecule has 0 spiro atoms. The number of carbonyl (C=O) groups is 1. The van der Waals surface area contributed by atoms with E-state index >= 15 is 0 Å². The van der Waals surface area contributed by atoms with Crippen LogP contribution in [0, 0.1) is 0 Å². The summed E-state index contributed by atoms with van der Waals surface area (Å²) in [6, 6.07) is 8.42. The minimum absolute atomic E-state index is 0.439. The Balaban J connectivity index is 1.71. The zero-order chi connectivity index (χ0) is 21.3. The second-order valence-corrected chi connectivity index (χ2v) is 8.38. The summed E-state index contributed by atoms with van der Waals surface area (Å²) in [6.07, 6.45) is 2.97. The standard InChI is InChI=1S/C22H37N5O2/c1-6-27-15-7-8-19(27)16-25-20(23-5)24-14-13-17-9-11-18(12-10-17)26-21(28)29-22(2,3)4/h9-12,19H,6-8,13-16H2,1-5H3,(H,26,28)(H2,23,24,25). The lowest BCUT2D eigenvalue weighted by Gasteiger charge is -2.24. The van der Waals surface area contributed by atoms with Crippen molar-refractivity contribution in [3.63, 3.8) is 0 Å². The summed E-state index contributed by atoms with van der Waals surface area (Å²) >= 11 is 0. The van der Waals surface area contributed by atoms with Crippen molar-refractivity contribution in [1.82, 2.24) is 15.5 Å². The normalized spacial score (nSPS) is 17.8. The predicted molar refractivity (Wildman–Crippen MR) is 120 cm³/mol. The molecule has 7 nitrogen and oxygen atoms in total. The quantitative estimate of drug-likeness (QED) is 0.481. The smallest absolute Gasteiger partial charge is 0.412 e. The Morgan fingerprint density at radius 1 is 1.24 bits per heavy atom. The number of hydrogen-bond donors (Lipinski definition) is 3. The molecule has 7 heteroatoms. The van der Waals surface area contributed by atoms with Crippen molar-refractivity contribution in [2.75, 3.05) is 38.5 Å². The van der Waals surface area contributed by atoms with Crippen molar-refractivity contribution in [2.24, 2.45) is 4.99 Å². The first kappa shape index (κ1) is 23.0. The lowest BCUT2D eigenvalue weighted by atomic mass is 10.1. The summed E-state index contributed by atoms with van der Waals surface area (Å²) in [4.78, 5) is 18.7. The molecule has 29 heavy (non-hydrogen) atoms. The highest BCUT2D eigenvalue weighted by Gasteiger charge is 2.22. The number of nitrogens with zero attached hydrogens (tertiary/aromatic N) is 2. The molecule has 1 fully saturated rings. The molecule has 1 aliphatic heterocycles. The molecular weight excluding hydrogens is 366 g/mol. The minimum Gasteiger partial charge on any atom is -0.444 e. The number of rotatable bonds is 7. The molecule has 1 heterocycles. The van der Waals surface area contributed by atoms with Gasteiger partial charge in [0.2, 0.25) is 0 Å². The van der Waals surface area contributed by atoms with Crippen LogP contribution in [0.3, 0.4) is 0 Å². The van der Waals surface area contributed by atoms with Gasteiger partial charge in [-0.05, 0) is 70.8 Å². The molecule has 1 unspecified atom stereocenters. The van der Waals surface area contributed by atoms with Crippen LogP contribution in [0.4, 0.5) is 10.5 Å². The predicted octanol–water partition coefficient (Wildman–Crippen LogP) is 3.23. The zero-order valence-corrected chi connectivity index (χ0v) is 18.5. The first-order chi connectivity index (χ1) is 13.8. The fourth-order valence-electron chi connectivity index (χ4n) is 3.48. The molecule has 1 aliphatic rings. The van der Waals surface area contributed by atoms with E-state index < -0.39 is 11.7 Å².